The van der Waals surface area contributed by atoms with Crippen molar-refractivity contribution in [3.8, 4) is 17.1 Å². The highest BCUT2D eigenvalue weighted by atomic mass is 35.5. The Bertz CT molecular complexity index is 851. The van der Waals surface area contributed by atoms with E-state index in [0.29, 0.717) is 28.8 Å². The maximum absolute atomic E-state index is 10.1. The average Bonchev–Trinajstić information content (AvgIpc) is 2.52. The van der Waals surface area contributed by atoms with Crippen molar-refractivity contribution in [3.63, 3.8) is 0 Å². The fraction of sp³-hybridized carbons (Fsp3) is 0.176. The summed E-state index contributed by atoms with van der Waals surface area (Å²) in [5.41, 5.74) is 7.14. The van der Waals surface area contributed by atoms with E-state index in [0.717, 1.165) is 10.9 Å². The van der Waals surface area contributed by atoms with Gasteiger partial charge in [0.05, 0.1) is 11.1 Å². The van der Waals surface area contributed by atoms with Crippen molar-refractivity contribution in [3.05, 3.63) is 47.5 Å². The summed E-state index contributed by atoms with van der Waals surface area (Å²) in [5.74, 6) is 1.17. The molecule has 3 rings (SSSR count). The number of para-hydroxylation sites is 1. The smallest absolute Gasteiger partial charge is 0.165 e. The molecule has 0 unspecified atom stereocenters. The molecule has 23 heavy (non-hydrogen) atoms. The summed E-state index contributed by atoms with van der Waals surface area (Å²) in [5, 5.41) is 14.7. The first-order valence-electron chi connectivity index (χ1n) is 7.29. The number of anilines is 1. The second-order valence-electron chi connectivity index (χ2n) is 5.43. The van der Waals surface area contributed by atoms with Gasteiger partial charge in [0.2, 0.25) is 0 Å². The highest BCUT2D eigenvalue weighted by Gasteiger charge is 2.12. The van der Waals surface area contributed by atoms with E-state index in [4.69, 9.17) is 17.3 Å². The molecule has 0 radical (unpaired) electrons. The number of phenolic OH excluding ortho intramolecular Hbond substituents is 1. The first-order valence-corrected chi connectivity index (χ1v) is 7.67. The number of nitrogens with two attached hydrogens (primary N) is 1. The van der Waals surface area contributed by atoms with Gasteiger partial charge < -0.3 is 16.2 Å². The maximum atomic E-state index is 10.1. The maximum Gasteiger partial charge on any atom is 0.165 e. The van der Waals surface area contributed by atoms with Gasteiger partial charge in [0, 0.05) is 23.0 Å². The number of hydrogen-bond donors (Lipinski definition) is 3. The molecule has 4 N–H and O–H groups in total. The summed E-state index contributed by atoms with van der Waals surface area (Å²) >= 11 is 5.89. The molecule has 0 bridgehead atoms. The summed E-state index contributed by atoms with van der Waals surface area (Å²) in [6.07, 6.45) is 0. The standard InChI is InChI=1S/C17H17ClN4O/c1-10(19)9-20-16-12-4-2-3-5-14(12)21-17(22-16)13-7-6-11(18)8-15(13)23/h2-8,10,23H,9,19H2,1H3,(H,20,21,22)/t10-/m1/s1. The molecule has 0 fully saturated rings. The number of benzene rings is 2. The van der Waals surface area contributed by atoms with E-state index in [1.807, 2.05) is 31.2 Å². The van der Waals surface area contributed by atoms with Crippen molar-refractivity contribution < 1.29 is 5.11 Å². The molecule has 0 saturated heterocycles. The number of nitrogens with zero attached hydrogens (tertiary/aromatic N) is 2. The lowest BCUT2D eigenvalue weighted by molar-refractivity contribution is 0.477. The lowest BCUT2D eigenvalue weighted by Crippen LogP contribution is -2.25. The lowest BCUT2D eigenvalue weighted by atomic mass is 10.1. The molecule has 0 aliphatic rings. The molecule has 1 heterocycles. The first-order chi connectivity index (χ1) is 11.0. The average molecular weight is 329 g/mol. The van der Waals surface area contributed by atoms with E-state index < -0.39 is 0 Å². The molecule has 0 spiro atoms. The van der Waals surface area contributed by atoms with Gasteiger partial charge in [0.15, 0.2) is 5.82 Å². The molecule has 0 amide bonds. The minimum atomic E-state index is -0.00360. The fourth-order valence-corrected chi connectivity index (χ4v) is 2.45. The van der Waals surface area contributed by atoms with Gasteiger partial charge in [-0.05, 0) is 37.3 Å². The van der Waals surface area contributed by atoms with Crippen LogP contribution in [0.1, 0.15) is 6.92 Å². The van der Waals surface area contributed by atoms with Crippen LogP contribution in [0.25, 0.3) is 22.3 Å². The number of fused-ring (bicyclic) bond motifs is 1. The van der Waals surface area contributed by atoms with E-state index in [-0.39, 0.29) is 11.8 Å². The minimum absolute atomic E-state index is 0.00360. The number of hydrogen-bond acceptors (Lipinski definition) is 5. The summed E-state index contributed by atoms with van der Waals surface area (Å²) in [7, 11) is 0. The third-order valence-electron chi connectivity index (χ3n) is 3.40. The third-order valence-corrected chi connectivity index (χ3v) is 3.63. The van der Waals surface area contributed by atoms with Crippen molar-refractivity contribution in [2.75, 3.05) is 11.9 Å². The molecule has 1 atom stereocenters. The van der Waals surface area contributed by atoms with Crippen LogP contribution in [0.15, 0.2) is 42.5 Å². The normalized spacial score (nSPS) is 12.3. The van der Waals surface area contributed by atoms with E-state index >= 15 is 0 Å². The highest BCUT2D eigenvalue weighted by Crippen LogP contribution is 2.32. The molecule has 2 aromatic carbocycles. The summed E-state index contributed by atoms with van der Waals surface area (Å²) in [6.45, 7) is 2.51. The first kappa shape index (κ1) is 15.5. The predicted molar refractivity (Wildman–Crippen MR) is 93.8 cm³/mol. The molecular weight excluding hydrogens is 312 g/mol. The Kier molecular flexibility index (Phi) is 4.32. The zero-order chi connectivity index (χ0) is 16.4. The zero-order valence-corrected chi connectivity index (χ0v) is 13.4. The molecular formula is C17H17ClN4O. The van der Waals surface area contributed by atoms with E-state index in [2.05, 4.69) is 15.3 Å². The van der Waals surface area contributed by atoms with Gasteiger partial charge in [-0.1, -0.05) is 23.7 Å². The van der Waals surface area contributed by atoms with Crippen LogP contribution < -0.4 is 11.1 Å². The molecule has 5 nitrogen and oxygen atoms in total. The van der Waals surface area contributed by atoms with Crippen molar-refractivity contribution in [1.29, 1.82) is 0 Å². The number of phenols is 1. The molecule has 0 saturated carbocycles. The molecule has 3 aromatic rings. The van der Waals surface area contributed by atoms with Crippen LogP contribution in [-0.2, 0) is 0 Å². The van der Waals surface area contributed by atoms with Gasteiger partial charge in [0.1, 0.15) is 11.6 Å². The van der Waals surface area contributed by atoms with Crippen molar-refractivity contribution >= 4 is 28.3 Å². The van der Waals surface area contributed by atoms with Crippen LogP contribution in [0, 0.1) is 0 Å². The molecule has 0 aliphatic heterocycles. The van der Waals surface area contributed by atoms with E-state index in [1.54, 1.807) is 12.1 Å². The summed E-state index contributed by atoms with van der Waals surface area (Å²) in [6, 6.07) is 12.6. The van der Waals surface area contributed by atoms with Crippen molar-refractivity contribution in [1.82, 2.24) is 9.97 Å². The van der Waals surface area contributed by atoms with E-state index in [1.165, 1.54) is 6.07 Å². The second-order valence-corrected chi connectivity index (χ2v) is 5.87. The summed E-state index contributed by atoms with van der Waals surface area (Å²) in [4.78, 5) is 9.09. The molecule has 1 aromatic heterocycles. The van der Waals surface area contributed by atoms with Gasteiger partial charge in [-0.3, -0.25) is 0 Å². The Hall–Kier alpha value is -2.37. The zero-order valence-electron chi connectivity index (χ0n) is 12.6. The van der Waals surface area contributed by atoms with Gasteiger partial charge in [0.25, 0.3) is 0 Å². The second kappa shape index (κ2) is 6.40. The van der Waals surface area contributed by atoms with Crippen LogP contribution in [-0.4, -0.2) is 27.7 Å². The van der Waals surface area contributed by atoms with Crippen LogP contribution in [0.5, 0.6) is 5.75 Å². The van der Waals surface area contributed by atoms with Crippen LogP contribution in [0.4, 0.5) is 5.82 Å². The molecule has 0 aliphatic carbocycles. The Balaban J connectivity index is 2.14. The van der Waals surface area contributed by atoms with Gasteiger partial charge >= 0.3 is 0 Å². The van der Waals surface area contributed by atoms with Crippen molar-refractivity contribution in [2.24, 2.45) is 5.73 Å². The number of aromatic hydroxyl groups is 1. The monoisotopic (exact) mass is 328 g/mol. The topological polar surface area (TPSA) is 84.1 Å². The lowest BCUT2D eigenvalue weighted by Gasteiger charge is -2.13. The molecule has 6 heteroatoms. The van der Waals surface area contributed by atoms with Crippen LogP contribution in [0.2, 0.25) is 5.02 Å². The molecule has 118 valence electrons. The summed E-state index contributed by atoms with van der Waals surface area (Å²) < 4.78 is 0. The number of halogens is 1. The number of nitrogens with one attached hydrogen (secondary N) is 1. The van der Waals surface area contributed by atoms with Crippen molar-refractivity contribution in [2.45, 2.75) is 13.0 Å². The van der Waals surface area contributed by atoms with E-state index in [9.17, 15) is 5.11 Å². The number of aromatic nitrogens is 2. The minimum Gasteiger partial charge on any atom is -0.507 e. The Morgan fingerprint density at radius 1 is 1.22 bits per heavy atom. The Labute approximate surface area is 139 Å². The Morgan fingerprint density at radius 3 is 2.74 bits per heavy atom. The van der Waals surface area contributed by atoms with Crippen LogP contribution >= 0.6 is 11.6 Å². The largest absolute Gasteiger partial charge is 0.507 e. The van der Waals surface area contributed by atoms with Gasteiger partial charge in [-0.15, -0.1) is 0 Å². The van der Waals surface area contributed by atoms with Crippen LogP contribution in [0.3, 0.4) is 0 Å². The SMILES string of the molecule is C[C@@H](N)CNc1nc(-c2ccc(Cl)cc2O)nc2ccccc12. The quantitative estimate of drug-likeness (QED) is 0.683. The predicted octanol–water partition coefficient (Wildman–Crippen LogP) is 3.41. The fourth-order valence-electron chi connectivity index (χ4n) is 2.28. The van der Waals surface area contributed by atoms with Gasteiger partial charge in [-0.2, -0.15) is 0 Å². The Morgan fingerprint density at radius 2 is 2.00 bits per heavy atom. The third kappa shape index (κ3) is 3.36. The van der Waals surface area contributed by atoms with Gasteiger partial charge in [-0.25, -0.2) is 9.97 Å². The highest BCUT2D eigenvalue weighted by molar-refractivity contribution is 6.30. The number of rotatable bonds is 4.